The highest BCUT2D eigenvalue weighted by atomic mass is 127. The topological polar surface area (TPSA) is 12.0 Å². The highest BCUT2D eigenvalue weighted by Crippen LogP contribution is 2.15. The lowest BCUT2D eigenvalue weighted by molar-refractivity contribution is 1.63. The van der Waals surface area contributed by atoms with Crippen LogP contribution in [0.2, 0.25) is 0 Å². The van der Waals surface area contributed by atoms with Crippen LogP contribution in [-0.2, 0) is 0 Å². The van der Waals surface area contributed by atoms with E-state index >= 15 is 0 Å². The third kappa shape index (κ3) is 2.43. The van der Waals surface area contributed by atoms with Gasteiger partial charge in [-0.3, -0.25) is 0 Å². The van der Waals surface area contributed by atoms with Gasteiger partial charge in [0, 0.05) is 9.26 Å². The van der Waals surface area contributed by atoms with Crippen LogP contribution in [0.25, 0.3) is 0 Å². The fourth-order valence-corrected chi connectivity index (χ4v) is 1.49. The van der Waals surface area contributed by atoms with Crippen molar-refractivity contribution in [3.8, 4) is 0 Å². The summed E-state index contributed by atoms with van der Waals surface area (Å²) in [5.74, 6) is 0. The Kier molecular flexibility index (Phi) is 3.43. The first-order chi connectivity index (χ1) is 4.83. The molecule has 0 saturated heterocycles. The smallest absolute Gasteiger partial charge is 0.0371 e. The van der Waals surface area contributed by atoms with Crippen LogP contribution in [0.5, 0.6) is 0 Å². The van der Waals surface area contributed by atoms with Gasteiger partial charge in [-0.05, 0) is 62.3 Å². The van der Waals surface area contributed by atoms with E-state index in [2.05, 4.69) is 58.6 Å². The molecule has 1 N–H and O–H groups in total. The Hall–Kier alpha value is 0.180. The lowest BCUT2D eigenvalue weighted by Gasteiger charge is -2.00. The Morgan fingerprint density at radius 2 is 1.90 bits per heavy atom. The van der Waals surface area contributed by atoms with Gasteiger partial charge in [-0.1, -0.05) is 0 Å². The average Bonchev–Trinajstić information content (AvgIpc) is 1.95. The van der Waals surface area contributed by atoms with Crippen molar-refractivity contribution in [2.45, 2.75) is 0 Å². The van der Waals surface area contributed by atoms with Gasteiger partial charge in [0.2, 0.25) is 0 Å². The Balaban J connectivity index is 2.69. The largest absolute Gasteiger partial charge is 0.367 e. The molecule has 1 aromatic rings. The molecule has 0 fully saturated rings. The zero-order valence-electron chi connectivity index (χ0n) is 5.69. The molecule has 1 nitrogen and oxygen atoms in total. The molecule has 1 atom stereocenters. The maximum absolute atomic E-state index is 3.26. The molecule has 0 spiro atoms. The summed E-state index contributed by atoms with van der Waals surface area (Å²) in [4.78, 5) is 0. The van der Waals surface area contributed by atoms with Gasteiger partial charge >= 0.3 is 0 Å². The van der Waals surface area contributed by atoms with Crippen LogP contribution in [0.4, 0.5) is 5.69 Å². The summed E-state index contributed by atoms with van der Waals surface area (Å²) in [6.45, 7) is 2.12. The Labute approximate surface area is 76.6 Å². The monoisotopic (exact) mass is 265 g/mol. The molecule has 1 aromatic carbocycles. The third-order valence-corrected chi connectivity index (χ3v) is 2.37. The summed E-state index contributed by atoms with van der Waals surface area (Å²) in [7, 11) is 0.780. The first-order valence-electron chi connectivity index (χ1n) is 3.01. The number of nitrogens with one attached hydrogen (secondary N) is 1. The van der Waals surface area contributed by atoms with Gasteiger partial charge in [0.05, 0.1) is 0 Å². The number of rotatable bonds is 2. The van der Waals surface area contributed by atoms with Crippen molar-refractivity contribution >= 4 is 37.0 Å². The summed E-state index contributed by atoms with van der Waals surface area (Å²) in [6, 6.07) is 8.39. The molecule has 0 aromatic heterocycles. The number of halogens is 1. The summed E-state index contributed by atoms with van der Waals surface area (Å²) in [6.07, 6.45) is 0. The van der Waals surface area contributed by atoms with Crippen LogP contribution in [0.3, 0.4) is 0 Å². The Morgan fingerprint density at radius 1 is 1.30 bits per heavy atom. The molecule has 0 aliphatic carbocycles. The standard InChI is InChI=1S/C7H9INP/c1-10-9-7-4-2-6(8)3-5-7/h2-5,9-10H,1H3. The second-order valence-electron chi connectivity index (χ2n) is 1.88. The molecule has 1 unspecified atom stereocenters. The van der Waals surface area contributed by atoms with Crippen LogP contribution in [-0.4, -0.2) is 6.66 Å². The molecular formula is C7H9INP. The fourth-order valence-electron chi connectivity index (χ4n) is 0.678. The Bertz CT molecular complexity index is 197. The second-order valence-corrected chi connectivity index (χ2v) is 3.88. The fraction of sp³-hybridized carbons (Fsp3) is 0.143. The van der Waals surface area contributed by atoms with Crippen LogP contribution in [0, 0.1) is 3.57 Å². The van der Waals surface area contributed by atoms with E-state index in [1.165, 1.54) is 9.26 Å². The number of hydrogen-bond acceptors (Lipinski definition) is 1. The summed E-state index contributed by atoms with van der Waals surface area (Å²) in [5.41, 5.74) is 1.21. The summed E-state index contributed by atoms with van der Waals surface area (Å²) in [5, 5.41) is 3.26. The van der Waals surface area contributed by atoms with E-state index in [-0.39, 0.29) is 0 Å². The highest BCUT2D eigenvalue weighted by Gasteiger charge is 1.87. The number of hydrogen-bond donors (Lipinski definition) is 1. The quantitative estimate of drug-likeness (QED) is 0.640. The average molecular weight is 265 g/mol. The molecule has 3 heteroatoms. The lowest BCUT2D eigenvalue weighted by Crippen LogP contribution is -1.80. The van der Waals surface area contributed by atoms with Gasteiger partial charge in [-0.15, -0.1) is 0 Å². The summed E-state index contributed by atoms with van der Waals surface area (Å²) < 4.78 is 1.28. The molecule has 0 radical (unpaired) electrons. The van der Waals surface area contributed by atoms with Crippen molar-refractivity contribution in [2.24, 2.45) is 0 Å². The van der Waals surface area contributed by atoms with Gasteiger partial charge in [0.25, 0.3) is 0 Å². The van der Waals surface area contributed by atoms with Gasteiger partial charge in [0.15, 0.2) is 0 Å². The van der Waals surface area contributed by atoms with Crippen molar-refractivity contribution in [1.82, 2.24) is 0 Å². The van der Waals surface area contributed by atoms with Gasteiger partial charge < -0.3 is 5.09 Å². The first-order valence-corrected chi connectivity index (χ1v) is 5.59. The molecule has 0 saturated carbocycles. The maximum Gasteiger partial charge on any atom is 0.0371 e. The van der Waals surface area contributed by atoms with Gasteiger partial charge in [0.1, 0.15) is 0 Å². The normalized spacial score (nSPS) is 10.6. The molecule has 54 valence electrons. The van der Waals surface area contributed by atoms with E-state index in [4.69, 9.17) is 0 Å². The van der Waals surface area contributed by atoms with Crippen LogP contribution in [0.1, 0.15) is 0 Å². The van der Waals surface area contributed by atoms with E-state index < -0.39 is 0 Å². The molecule has 0 aliphatic heterocycles. The Morgan fingerprint density at radius 3 is 2.40 bits per heavy atom. The minimum Gasteiger partial charge on any atom is -0.367 e. The van der Waals surface area contributed by atoms with E-state index in [0.717, 1.165) is 8.73 Å². The predicted octanol–water partition coefficient (Wildman–Crippen LogP) is 2.93. The van der Waals surface area contributed by atoms with Crippen LogP contribution in [0.15, 0.2) is 24.3 Å². The third-order valence-electron chi connectivity index (χ3n) is 1.11. The van der Waals surface area contributed by atoms with Crippen molar-refractivity contribution in [1.29, 1.82) is 0 Å². The molecule has 1 rings (SSSR count). The number of benzene rings is 1. The zero-order chi connectivity index (χ0) is 7.40. The summed E-state index contributed by atoms with van der Waals surface area (Å²) >= 11 is 2.30. The minimum atomic E-state index is 0.780. The van der Waals surface area contributed by atoms with Gasteiger partial charge in [-0.2, -0.15) is 0 Å². The van der Waals surface area contributed by atoms with E-state index in [1.807, 2.05) is 0 Å². The van der Waals surface area contributed by atoms with Crippen LogP contribution >= 0.6 is 31.3 Å². The van der Waals surface area contributed by atoms with Crippen LogP contribution < -0.4 is 5.09 Å². The van der Waals surface area contributed by atoms with Gasteiger partial charge in [-0.25, -0.2) is 0 Å². The SMILES string of the molecule is CPNc1ccc(I)cc1. The molecular weight excluding hydrogens is 256 g/mol. The highest BCUT2D eigenvalue weighted by molar-refractivity contribution is 14.1. The maximum atomic E-state index is 3.26. The van der Waals surface area contributed by atoms with Crippen molar-refractivity contribution in [2.75, 3.05) is 11.8 Å². The molecule has 0 heterocycles. The second kappa shape index (κ2) is 4.14. The molecule has 10 heavy (non-hydrogen) atoms. The van der Waals surface area contributed by atoms with Crippen molar-refractivity contribution in [3.63, 3.8) is 0 Å². The number of anilines is 1. The van der Waals surface area contributed by atoms with E-state index in [9.17, 15) is 0 Å². The van der Waals surface area contributed by atoms with E-state index in [0.29, 0.717) is 0 Å². The molecule has 0 aliphatic rings. The lowest BCUT2D eigenvalue weighted by atomic mass is 10.3. The molecule has 0 amide bonds. The molecule has 0 bridgehead atoms. The van der Waals surface area contributed by atoms with E-state index in [1.54, 1.807) is 0 Å². The first kappa shape index (κ1) is 8.28. The van der Waals surface area contributed by atoms with Crippen molar-refractivity contribution < 1.29 is 0 Å². The van der Waals surface area contributed by atoms with Crippen molar-refractivity contribution in [3.05, 3.63) is 27.8 Å². The minimum absolute atomic E-state index is 0.780. The zero-order valence-corrected chi connectivity index (χ0v) is 8.84. The predicted molar refractivity (Wildman–Crippen MR) is 57.0 cm³/mol.